The monoisotopic (exact) mass is 379 g/mol. The normalized spacial score (nSPS) is 11.7. The van der Waals surface area contributed by atoms with Gasteiger partial charge in [0.2, 0.25) is 5.91 Å². The van der Waals surface area contributed by atoms with Crippen LogP contribution in [0.5, 0.6) is 0 Å². The van der Waals surface area contributed by atoms with Crippen molar-refractivity contribution in [3.63, 3.8) is 0 Å². The lowest BCUT2D eigenvalue weighted by molar-refractivity contribution is -0.123. The van der Waals surface area contributed by atoms with Crippen LogP contribution in [0.15, 0.2) is 27.8 Å². The van der Waals surface area contributed by atoms with Crippen LogP contribution < -0.4 is 16.6 Å². The van der Waals surface area contributed by atoms with Crippen LogP contribution in [0.4, 0.5) is 0 Å². The van der Waals surface area contributed by atoms with E-state index in [4.69, 9.17) is 11.6 Å². The molecule has 0 fully saturated rings. The zero-order chi connectivity index (χ0) is 19.5. The standard InChI is InChI=1S/C19H26ClN3O3/c1-5-6-7-10-22-15-9-8-13(20)11-14(15)17(25)23(18(22)26)12-16(24)21-19(2,3)4/h8-9,11H,5-7,10,12H2,1-4H3,(H,21,24). The third kappa shape index (κ3) is 4.75. The van der Waals surface area contributed by atoms with E-state index >= 15 is 0 Å². The number of hydrogen-bond acceptors (Lipinski definition) is 3. The zero-order valence-electron chi connectivity index (χ0n) is 15.8. The number of aryl methyl sites for hydroxylation is 1. The number of nitrogens with one attached hydrogen (secondary N) is 1. The highest BCUT2D eigenvalue weighted by atomic mass is 35.5. The summed E-state index contributed by atoms with van der Waals surface area (Å²) in [6.45, 7) is 7.79. The molecule has 0 atom stereocenters. The molecule has 0 radical (unpaired) electrons. The first-order valence-corrected chi connectivity index (χ1v) is 9.25. The second kappa shape index (κ2) is 8.08. The van der Waals surface area contributed by atoms with E-state index in [0.29, 0.717) is 22.5 Å². The van der Waals surface area contributed by atoms with E-state index in [1.807, 2.05) is 20.8 Å². The van der Waals surface area contributed by atoms with Crippen LogP contribution in [0.2, 0.25) is 5.02 Å². The molecule has 6 nitrogen and oxygen atoms in total. The second-order valence-corrected chi connectivity index (χ2v) is 7.93. The summed E-state index contributed by atoms with van der Waals surface area (Å²) in [4.78, 5) is 38.0. The summed E-state index contributed by atoms with van der Waals surface area (Å²) in [5.74, 6) is -0.377. The van der Waals surface area contributed by atoms with Crippen molar-refractivity contribution >= 4 is 28.4 Å². The Morgan fingerprint density at radius 3 is 2.46 bits per heavy atom. The summed E-state index contributed by atoms with van der Waals surface area (Å²) in [7, 11) is 0. The minimum absolute atomic E-state index is 0.314. The number of aromatic nitrogens is 2. The molecule has 0 unspecified atom stereocenters. The molecule has 26 heavy (non-hydrogen) atoms. The molecule has 1 heterocycles. The van der Waals surface area contributed by atoms with E-state index in [9.17, 15) is 14.4 Å². The maximum absolute atomic E-state index is 12.9. The number of amides is 1. The van der Waals surface area contributed by atoms with Crippen molar-refractivity contribution in [2.45, 2.75) is 65.6 Å². The molecule has 0 aliphatic heterocycles. The predicted octanol–water partition coefficient (Wildman–Crippen LogP) is 2.92. The summed E-state index contributed by atoms with van der Waals surface area (Å²) in [6.07, 6.45) is 2.82. The molecular weight excluding hydrogens is 354 g/mol. The van der Waals surface area contributed by atoms with E-state index in [-0.39, 0.29) is 12.5 Å². The van der Waals surface area contributed by atoms with Gasteiger partial charge in [0.05, 0.1) is 10.9 Å². The van der Waals surface area contributed by atoms with Gasteiger partial charge in [0.25, 0.3) is 5.56 Å². The van der Waals surface area contributed by atoms with Crippen molar-refractivity contribution in [1.82, 2.24) is 14.5 Å². The van der Waals surface area contributed by atoms with Gasteiger partial charge < -0.3 is 5.32 Å². The highest BCUT2D eigenvalue weighted by Crippen LogP contribution is 2.16. The van der Waals surface area contributed by atoms with Crippen molar-refractivity contribution in [2.24, 2.45) is 0 Å². The number of halogens is 1. The Morgan fingerprint density at radius 2 is 1.85 bits per heavy atom. The molecule has 2 aromatic rings. The Bertz CT molecular complexity index is 922. The van der Waals surface area contributed by atoms with Gasteiger partial charge in [-0.1, -0.05) is 31.4 Å². The number of hydrogen-bond donors (Lipinski definition) is 1. The molecule has 0 bridgehead atoms. The summed E-state index contributed by atoms with van der Waals surface area (Å²) in [6, 6.07) is 4.90. The van der Waals surface area contributed by atoms with Gasteiger partial charge in [-0.3, -0.25) is 18.7 Å². The second-order valence-electron chi connectivity index (χ2n) is 7.49. The Balaban J connectivity index is 2.57. The number of unbranched alkanes of at least 4 members (excludes halogenated alkanes) is 2. The maximum Gasteiger partial charge on any atom is 0.331 e. The smallest absolute Gasteiger partial charge is 0.331 e. The fourth-order valence-corrected chi connectivity index (χ4v) is 3.04. The van der Waals surface area contributed by atoms with Crippen LogP contribution >= 0.6 is 11.6 Å². The van der Waals surface area contributed by atoms with Crippen molar-refractivity contribution < 1.29 is 4.79 Å². The molecule has 0 aliphatic carbocycles. The summed E-state index contributed by atoms with van der Waals surface area (Å²) >= 11 is 6.04. The van der Waals surface area contributed by atoms with Crippen LogP contribution in [0.1, 0.15) is 47.0 Å². The quantitative estimate of drug-likeness (QED) is 0.784. The average molecular weight is 380 g/mol. The summed E-state index contributed by atoms with van der Waals surface area (Å²) in [5, 5.41) is 3.54. The Labute approximate surface area is 157 Å². The first-order chi connectivity index (χ1) is 12.1. The van der Waals surface area contributed by atoms with Crippen LogP contribution in [0.25, 0.3) is 10.9 Å². The van der Waals surface area contributed by atoms with Gasteiger partial charge in [0, 0.05) is 17.1 Å². The highest BCUT2D eigenvalue weighted by Gasteiger charge is 2.18. The summed E-state index contributed by atoms with van der Waals surface area (Å²) in [5.41, 5.74) is -0.859. The first kappa shape index (κ1) is 20.2. The van der Waals surface area contributed by atoms with Crippen LogP contribution in [-0.4, -0.2) is 20.6 Å². The molecule has 2 rings (SSSR count). The molecule has 0 aliphatic rings. The molecule has 0 saturated carbocycles. The van der Waals surface area contributed by atoms with Crippen molar-refractivity contribution in [3.8, 4) is 0 Å². The molecule has 0 saturated heterocycles. The minimum atomic E-state index is -0.497. The van der Waals surface area contributed by atoms with E-state index in [1.165, 1.54) is 0 Å². The topological polar surface area (TPSA) is 73.1 Å². The lowest BCUT2D eigenvalue weighted by atomic mass is 10.1. The zero-order valence-corrected chi connectivity index (χ0v) is 16.5. The highest BCUT2D eigenvalue weighted by molar-refractivity contribution is 6.31. The van der Waals surface area contributed by atoms with Crippen molar-refractivity contribution in [3.05, 3.63) is 44.1 Å². The van der Waals surface area contributed by atoms with Gasteiger partial charge in [0.15, 0.2) is 0 Å². The Kier molecular flexibility index (Phi) is 6.29. The van der Waals surface area contributed by atoms with Crippen LogP contribution in [0.3, 0.4) is 0 Å². The van der Waals surface area contributed by atoms with E-state index in [1.54, 1.807) is 22.8 Å². The van der Waals surface area contributed by atoms with E-state index in [2.05, 4.69) is 12.2 Å². The third-order valence-electron chi connectivity index (χ3n) is 3.99. The molecular formula is C19H26ClN3O3. The van der Waals surface area contributed by atoms with Crippen molar-refractivity contribution in [1.29, 1.82) is 0 Å². The number of carbonyl (C=O) groups excluding carboxylic acids is 1. The van der Waals surface area contributed by atoms with Gasteiger partial charge in [0.1, 0.15) is 6.54 Å². The molecule has 0 spiro atoms. The molecule has 142 valence electrons. The molecule has 1 amide bonds. The molecule has 1 aromatic heterocycles. The van der Waals surface area contributed by atoms with Gasteiger partial charge in [-0.15, -0.1) is 0 Å². The molecule has 1 N–H and O–H groups in total. The predicted molar refractivity (Wildman–Crippen MR) is 105 cm³/mol. The number of nitrogens with zero attached hydrogens (tertiary/aromatic N) is 2. The van der Waals surface area contributed by atoms with Crippen LogP contribution in [-0.2, 0) is 17.9 Å². The van der Waals surface area contributed by atoms with E-state index in [0.717, 1.165) is 23.8 Å². The maximum atomic E-state index is 12.9. The number of rotatable bonds is 6. The van der Waals surface area contributed by atoms with Crippen molar-refractivity contribution in [2.75, 3.05) is 0 Å². The van der Waals surface area contributed by atoms with Crippen LogP contribution in [0, 0.1) is 0 Å². The Hall–Kier alpha value is -2.08. The van der Waals surface area contributed by atoms with E-state index < -0.39 is 16.8 Å². The lowest BCUT2D eigenvalue weighted by Crippen LogP contribution is -2.47. The largest absolute Gasteiger partial charge is 0.350 e. The lowest BCUT2D eigenvalue weighted by Gasteiger charge is -2.21. The van der Waals surface area contributed by atoms with Gasteiger partial charge in [-0.25, -0.2) is 4.79 Å². The number of carbonyl (C=O) groups is 1. The van der Waals surface area contributed by atoms with Gasteiger partial charge in [-0.2, -0.15) is 0 Å². The van der Waals surface area contributed by atoms with Gasteiger partial charge >= 0.3 is 5.69 Å². The number of benzene rings is 1. The third-order valence-corrected chi connectivity index (χ3v) is 4.22. The molecule has 7 heteroatoms. The fourth-order valence-electron chi connectivity index (χ4n) is 2.87. The molecule has 1 aromatic carbocycles. The Morgan fingerprint density at radius 1 is 1.15 bits per heavy atom. The SMILES string of the molecule is CCCCCn1c(=O)n(CC(=O)NC(C)(C)C)c(=O)c2cc(Cl)ccc21. The first-order valence-electron chi connectivity index (χ1n) is 8.88. The fraction of sp³-hybridized carbons (Fsp3) is 0.526. The average Bonchev–Trinajstić information content (AvgIpc) is 2.53. The number of fused-ring (bicyclic) bond motifs is 1. The van der Waals surface area contributed by atoms with Gasteiger partial charge in [-0.05, 0) is 45.4 Å². The minimum Gasteiger partial charge on any atom is -0.350 e. The summed E-state index contributed by atoms with van der Waals surface area (Å²) < 4.78 is 2.55.